The van der Waals surface area contributed by atoms with E-state index >= 15 is 0 Å². The Morgan fingerprint density at radius 1 is 1.07 bits per heavy atom. The number of carbonyl (C=O) groups excluding carboxylic acids is 1. The maximum absolute atomic E-state index is 13.3. The van der Waals surface area contributed by atoms with Crippen LogP contribution in [0.15, 0.2) is 79.5 Å². The number of carbonyl (C=O) groups is 1. The summed E-state index contributed by atoms with van der Waals surface area (Å²) in [4.78, 5) is 21.7. The van der Waals surface area contributed by atoms with Crippen LogP contribution in [0.25, 0.3) is 11.3 Å². The molecule has 0 aliphatic carbocycles. The summed E-state index contributed by atoms with van der Waals surface area (Å²) in [5, 5.41) is 12.2. The summed E-state index contributed by atoms with van der Waals surface area (Å²) < 4.78 is 18.3. The molecule has 1 aliphatic rings. The monoisotopic (exact) mass is 558 g/mol. The van der Waals surface area contributed by atoms with Gasteiger partial charge in [0.2, 0.25) is 0 Å². The molecule has 6 rings (SSSR count). The Hall–Kier alpha value is -4.26. The quantitative estimate of drug-likeness (QED) is 0.325. The van der Waals surface area contributed by atoms with E-state index in [9.17, 15) is 9.00 Å². The first kappa shape index (κ1) is 27.3. The molecule has 1 unspecified atom stereocenters. The lowest BCUT2D eigenvalue weighted by Crippen LogP contribution is -2.35. The highest BCUT2D eigenvalue weighted by atomic mass is 32.2. The summed E-state index contributed by atoms with van der Waals surface area (Å²) in [6.45, 7) is 3.46. The molecule has 206 valence electrons. The summed E-state index contributed by atoms with van der Waals surface area (Å²) in [6, 6.07) is 15.6. The van der Waals surface area contributed by atoms with Crippen LogP contribution in [0.2, 0.25) is 0 Å². The van der Waals surface area contributed by atoms with Gasteiger partial charge in [-0.05, 0) is 49.6 Å². The van der Waals surface area contributed by atoms with Gasteiger partial charge in [-0.2, -0.15) is 10.2 Å². The Labute approximate surface area is 233 Å². The molecule has 1 fully saturated rings. The third-order valence-corrected chi connectivity index (χ3v) is 8.47. The molecule has 12 heteroatoms. The Balaban J connectivity index is 0.00000323. The van der Waals surface area contributed by atoms with Crippen molar-refractivity contribution in [3.05, 3.63) is 102 Å². The number of aromatic nitrogens is 6. The number of nitrogens with one attached hydrogen (secondary N) is 1. The second-order valence-corrected chi connectivity index (χ2v) is 11.1. The molecule has 0 bridgehead atoms. The Kier molecular flexibility index (Phi) is 8.10. The largest absolute Gasteiger partial charge is 0.412 e. The van der Waals surface area contributed by atoms with Crippen molar-refractivity contribution in [2.45, 2.75) is 31.4 Å². The minimum atomic E-state index is -1.10. The average Bonchev–Trinajstić information content (AvgIpc) is 3.59. The second kappa shape index (κ2) is 11.9. The molecular formula is C28H30N8O3S. The van der Waals surface area contributed by atoms with E-state index in [0.717, 1.165) is 35.3 Å². The standard InChI is InChI=1S/C28H28N8O2S.H2O/c1-20-5-7-23(8-6-20)36-26(32-28(37)24-18-31-35-13-3-12-30-27(24)35)16-25(33-36)22-9-14-34(15-10-22)39(38)19-21-4-2-11-29-17-21;/h2-8,11-13,16-18,22H,9-10,14-15,19H2,1H3,(H,32,37);1H2. The first-order valence-corrected chi connectivity index (χ1v) is 14.1. The minimum Gasteiger partial charge on any atom is -0.412 e. The van der Waals surface area contributed by atoms with Crippen LogP contribution in [0.1, 0.15) is 45.9 Å². The van der Waals surface area contributed by atoms with Gasteiger partial charge >= 0.3 is 0 Å². The molecule has 0 saturated carbocycles. The van der Waals surface area contributed by atoms with E-state index in [2.05, 4.69) is 20.4 Å². The molecule has 1 saturated heterocycles. The summed E-state index contributed by atoms with van der Waals surface area (Å²) in [5.41, 5.74) is 4.75. The lowest BCUT2D eigenvalue weighted by atomic mass is 9.95. The summed E-state index contributed by atoms with van der Waals surface area (Å²) >= 11 is 0. The number of nitrogens with zero attached hydrogens (tertiary/aromatic N) is 7. The summed E-state index contributed by atoms with van der Waals surface area (Å²) in [6.07, 6.45) is 10.1. The summed E-state index contributed by atoms with van der Waals surface area (Å²) in [5.74, 6) is 0.938. The van der Waals surface area contributed by atoms with Gasteiger partial charge < -0.3 is 10.8 Å². The van der Waals surface area contributed by atoms with E-state index in [1.54, 1.807) is 40.1 Å². The van der Waals surface area contributed by atoms with Crippen molar-refractivity contribution >= 4 is 28.4 Å². The van der Waals surface area contributed by atoms with Gasteiger partial charge in [0.15, 0.2) is 5.65 Å². The zero-order valence-electron chi connectivity index (χ0n) is 22.0. The molecule has 1 aromatic carbocycles. The van der Waals surface area contributed by atoms with Crippen LogP contribution in [0, 0.1) is 6.92 Å². The maximum atomic E-state index is 13.3. The van der Waals surface area contributed by atoms with Gasteiger partial charge in [-0.1, -0.05) is 23.8 Å². The third-order valence-electron chi connectivity index (χ3n) is 6.95. The molecule has 5 aromatic rings. The van der Waals surface area contributed by atoms with Crippen molar-refractivity contribution in [2.75, 3.05) is 18.4 Å². The number of rotatable bonds is 7. The Morgan fingerprint density at radius 3 is 2.62 bits per heavy atom. The van der Waals surface area contributed by atoms with E-state index in [1.165, 1.54) is 6.20 Å². The van der Waals surface area contributed by atoms with Gasteiger partial charge in [-0.3, -0.25) is 9.78 Å². The van der Waals surface area contributed by atoms with E-state index in [4.69, 9.17) is 5.10 Å². The topological polar surface area (TPSA) is 142 Å². The fourth-order valence-electron chi connectivity index (χ4n) is 4.81. The van der Waals surface area contributed by atoms with Crippen LogP contribution in [0.4, 0.5) is 5.82 Å². The molecule has 1 atom stereocenters. The van der Waals surface area contributed by atoms with Crippen LogP contribution in [0.3, 0.4) is 0 Å². The highest BCUT2D eigenvalue weighted by Gasteiger charge is 2.27. The highest BCUT2D eigenvalue weighted by molar-refractivity contribution is 7.81. The number of piperidine rings is 1. The fraction of sp³-hybridized carbons (Fsp3) is 0.250. The molecule has 5 heterocycles. The molecule has 0 radical (unpaired) electrons. The van der Waals surface area contributed by atoms with Crippen LogP contribution in [0.5, 0.6) is 0 Å². The number of anilines is 1. The molecule has 40 heavy (non-hydrogen) atoms. The lowest BCUT2D eigenvalue weighted by Gasteiger charge is -2.30. The Bertz CT molecular complexity index is 1630. The van der Waals surface area contributed by atoms with Gasteiger partial charge in [0.05, 0.1) is 34.3 Å². The predicted molar refractivity (Wildman–Crippen MR) is 152 cm³/mol. The van der Waals surface area contributed by atoms with Gasteiger partial charge in [0, 0.05) is 49.9 Å². The van der Waals surface area contributed by atoms with Crippen molar-refractivity contribution in [1.29, 1.82) is 0 Å². The van der Waals surface area contributed by atoms with Crippen molar-refractivity contribution in [1.82, 2.24) is 33.7 Å². The molecule has 1 aliphatic heterocycles. The number of amides is 1. The highest BCUT2D eigenvalue weighted by Crippen LogP contribution is 2.31. The van der Waals surface area contributed by atoms with E-state index in [1.807, 2.05) is 53.7 Å². The molecule has 4 aromatic heterocycles. The van der Waals surface area contributed by atoms with E-state index < -0.39 is 11.0 Å². The molecule has 3 N–H and O–H groups in total. The van der Waals surface area contributed by atoms with Crippen molar-refractivity contribution in [3.63, 3.8) is 0 Å². The van der Waals surface area contributed by atoms with Crippen molar-refractivity contribution in [2.24, 2.45) is 0 Å². The van der Waals surface area contributed by atoms with Gasteiger partial charge in [-0.25, -0.2) is 22.7 Å². The molecule has 0 spiro atoms. The molecule has 11 nitrogen and oxygen atoms in total. The smallest absolute Gasteiger partial charge is 0.262 e. The zero-order valence-corrected chi connectivity index (χ0v) is 22.8. The third kappa shape index (κ3) is 5.69. The Morgan fingerprint density at radius 2 is 1.88 bits per heavy atom. The van der Waals surface area contributed by atoms with Crippen LogP contribution >= 0.6 is 0 Å². The second-order valence-electron chi connectivity index (χ2n) is 9.63. The fourth-order valence-corrected chi connectivity index (χ4v) is 6.07. The number of benzene rings is 1. The zero-order chi connectivity index (χ0) is 26.8. The lowest BCUT2D eigenvalue weighted by molar-refractivity contribution is 0.102. The first-order chi connectivity index (χ1) is 19.0. The first-order valence-electron chi connectivity index (χ1n) is 12.8. The number of hydrogen-bond acceptors (Lipinski definition) is 6. The van der Waals surface area contributed by atoms with Gasteiger partial charge in [0.25, 0.3) is 5.91 Å². The van der Waals surface area contributed by atoms with Crippen molar-refractivity contribution < 1.29 is 14.5 Å². The number of pyridine rings is 1. The van der Waals surface area contributed by atoms with Gasteiger partial charge in [-0.15, -0.1) is 0 Å². The molecule has 1 amide bonds. The average molecular weight is 559 g/mol. The van der Waals surface area contributed by atoms with Crippen LogP contribution < -0.4 is 5.32 Å². The van der Waals surface area contributed by atoms with E-state index in [-0.39, 0.29) is 17.3 Å². The SMILES string of the molecule is Cc1ccc(-n2nc(C3CCN(S(=O)Cc4cccnc4)CC3)cc2NC(=O)c2cnn3cccnc23)cc1.O. The normalized spacial score (nSPS) is 15.0. The van der Waals surface area contributed by atoms with Gasteiger partial charge in [0.1, 0.15) is 11.4 Å². The van der Waals surface area contributed by atoms with Crippen LogP contribution in [-0.4, -0.2) is 62.3 Å². The molecular weight excluding hydrogens is 528 g/mol. The minimum absolute atomic E-state index is 0. The summed E-state index contributed by atoms with van der Waals surface area (Å²) in [7, 11) is -1.10. The number of aryl methyl sites for hydroxylation is 1. The maximum Gasteiger partial charge on any atom is 0.262 e. The number of fused-ring (bicyclic) bond motifs is 1. The number of hydrogen-bond donors (Lipinski definition) is 1. The van der Waals surface area contributed by atoms with Crippen molar-refractivity contribution in [3.8, 4) is 5.69 Å². The van der Waals surface area contributed by atoms with Crippen LogP contribution in [-0.2, 0) is 16.7 Å². The predicted octanol–water partition coefficient (Wildman–Crippen LogP) is 3.09. The van der Waals surface area contributed by atoms with E-state index in [0.29, 0.717) is 35.9 Å².